The molecule has 0 bridgehead atoms. The highest BCUT2D eigenvalue weighted by atomic mass is 16.5. The highest BCUT2D eigenvalue weighted by molar-refractivity contribution is 5.76. The second-order valence-electron chi connectivity index (χ2n) is 19.6. The predicted molar refractivity (Wildman–Crippen MR) is 273 cm³/mol. The number of esters is 1. The summed E-state index contributed by atoms with van der Waals surface area (Å²) in [4.78, 5) is 24.5. The molecule has 3 N–H and O–H groups in total. The van der Waals surface area contributed by atoms with Crippen molar-refractivity contribution in [3.63, 3.8) is 0 Å². The molecule has 1 amide bonds. The minimum absolute atomic E-state index is 0.00475. The Bertz CT molecular complexity index is 939. The number of hydrogen-bond donors (Lipinski definition) is 3. The van der Waals surface area contributed by atoms with Crippen molar-refractivity contribution in [2.45, 2.75) is 328 Å². The van der Waals surface area contributed by atoms with E-state index in [4.69, 9.17) is 4.74 Å². The van der Waals surface area contributed by atoms with Crippen LogP contribution in [0, 0.1) is 0 Å². The Kier molecular flexibility index (Phi) is 52.0. The topological polar surface area (TPSA) is 95.9 Å². The molecule has 0 rings (SSSR count). The number of aliphatic hydroxyl groups is 2. The molecule has 63 heavy (non-hydrogen) atoms. The number of allylic oxidation sites excluding steroid dienone is 2. The number of nitrogens with one attached hydrogen (secondary N) is 1. The number of unbranched alkanes of at least 4 members (excludes halogenated alkanes) is 40. The number of carbonyl (C=O) groups excluding carboxylic acids is 2. The van der Waals surface area contributed by atoms with E-state index in [1.165, 1.54) is 238 Å². The molecular formula is C57H111NO5. The van der Waals surface area contributed by atoms with E-state index in [2.05, 4.69) is 31.3 Å². The number of rotatable bonds is 53. The first kappa shape index (κ1) is 61.6. The molecule has 0 heterocycles. The van der Waals surface area contributed by atoms with Gasteiger partial charge in [0.15, 0.2) is 0 Å². The fourth-order valence-corrected chi connectivity index (χ4v) is 8.93. The van der Waals surface area contributed by atoms with E-state index < -0.39 is 12.1 Å². The lowest BCUT2D eigenvalue weighted by Crippen LogP contribution is -2.45. The molecule has 0 aliphatic carbocycles. The number of amides is 1. The van der Waals surface area contributed by atoms with E-state index in [0.717, 1.165) is 44.9 Å². The van der Waals surface area contributed by atoms with Gasteiger partial charge >= 0.3 is 5.97 Å². The van der Waals surface area contributed by atoms with Gasteiger partial charge in [0.2, 0.25) is 5.91 Å². The smallest absolute Gasteiger partial charge is 0.305 e. The van der Waals surface area contributed by atoms with Gasteiger partial charge < -0.3 is 20.3 Å². The van der Waals surface area contributed by atoms with Crippen LogP contribution in [0.2, 0.25) is 0 Å². The largest absolute Gasteiger partial charge is 0.466 e. The Hall–Kier alpha value is -1.40. The highest BCUT2D eigenvalue weighted by Crippen LogP contribution is 2.17. The summed E-state index contributed by atoms with van der Waals surface area (Å²) in [5, 5.41) is 23.3. The normalized spacial score (nSPS) is 12.6. The third-order valence-electron chi connectivity index (χ3n) is 13.3. The first-order valence-electron chi connectivity index (χ1n) is 28.4. The van der Waals surface area contributed by atoms with Crippen molar-refractivity contribution in [3.05, 3.63) is 12.2 Å². The molecule has 6 nitrogen and oxygen atoms in total. The highest BCUT2D eigenvalue weighted by Gasteiger charge is 2.20. The van der Waals surface area contributed by atoms with Crippen LogP contribution in [-0.2, 0) is 14.3 Å². The molecule has 0 spiro atoms. The van der Waals surface area contributed by atoms with Crippen molar-refractivity contribution >= 4 is 11.9 Å². The fraction of sp³-hybridized carbons (Fsp3) is 0.930. The van der Waals surface area contributed by atoms with Crippen molar-refractivity contribution in [2.24, 2.45) is 0 Å². The number of ether oxygens (including phenoxy) is 1. The lowest BCUT2D eigenvalue weighted by Gasteiger charge is -2.22. The van der Waals surface area contributed by atoms with Crippen LogP contribution in [0.1, 0.15) is 316 Å². The van der Waals surface area contributed by atoms with Crippen molar-refractivity contribution < 1.29 is 24.5 Å². The average molecular weight is 891 g/mol. The lowest BCUT2D eigenvalue weighted by atomic mass is 10.0. The van der Waals surface area contributed by atoms with Gasteiger partial charge in [-0.15, -0.1) is 0 Å². The van der Waals surface area contributed by atoms with Crippen LogP contribution in [0.25, 0.3) is 0 Å². The molecule has 374 valence electrons. The maximum Gasteiger partial charge on any atom is 0.305 e. The fourth-order valence-electron chi connectivity index (χ4n) is 8.93. The predicted octanol–water partition coefficient (Wildman–Crippen LogP) is 17.3. The van der Waals surface area contributed by atoms with Crippen LogP contribution in [0.15, 0.2) is 12.2 Å². The van der Waals surface area contributed by atoms with E-state index >= 15 is 0 Å². The molecule has 0 saturated carbocycles. The third-order valence-corrected chi connectivity index (χ3v) is 13.3. The zero-order chi connectivity index (χ0) is 45.8. The molecule has 0 fully saturated rings. The zero-order valence-corrected chi connectivity index (χ0v) is 42.6. The van der Waals surface area contributed by atoms with Gasteiger partial charge in [-0.1, -0.05) is 264 Å². The quantitative estimate of drug-likeness (QED) is 0.0321. The molecule has 2 atom stereocenters. The Balaban J connectivity index is 3.42. The molecule has 0 aliphatic heterocycles. The minimum atomic E-state index is -0.668. The number of carbonyl (C=O) groups is 2. The Morgan fingerprint density at radius 2 is 0.746 bits per heavy atom. The van der Waals surface area contributed by atoms with Gasteiger partial charge in [-0.2, -0.15) is 0 Å². The van der Waals surface area contributed by atoms with E-state index in [1.807, 2.05) is 0 Å². The molecule has 2 unspecified atom stereocenters. The van der Waals surface area contributed by atoms with Crippen molar-refractivity contribution in [2.75, 3.05) is 13.2 Å². The first-order chi connectivity index (χ1) is 31.0. The minimum Gasteiger partial charge on any atom is -0.466 e. The Morgan fingerprint density at radius 3 is 1.13 bits per heavy atom. The molecule has 0 radical (unpaired) electrons. The van der Waals surface area contributed by atoms with Crippen molar-refractivity contribution in [3.8, 4) is 0 Å². The molecule has 0 aliphatic rings. The lowest BCUT2D eigenvalue weighted by molar-refractivity contribution is -0.143. The van der Waals surface area contributed by atoms with E-state index in [9.17, 15) is 19.8 Å². The summed E-state index contributed by atoms with van der Waals surface area (Å²) in [5.74, 6) is -0.0446. The van der Waals surface area contributed by atoms with Gasteiger partial charge in [0, 0.05) is 12.8 Å². The van der Waals surface area contributed by atoms with Crippen molar-refractivity contribution in [1.82, 2.24) is 5.32 Å². The maximum absolute atomic E-state index is 12.5. The molecule has 0 aromatic rings. The zero-order valence-electron chi connectivity index (χ0n) is 42.6. The van der Waals surface area contributed by atoms with Gasteiger partial charge in [-0.3, -0.25) is 9.59 Å². The number of hydrogen-bond acceptors (Lipinski definition) is 5. The van der Waals surface area contributed by atoms with Crippen LogP contribution in [0.3, 0.4) is 0 Å². The third kappa shape index (κ3) is 49.9. The van der Waals surface area contributed by atoms with Crippen LogP contribution >= 0.6 is 0 Å². The molecule has 0 aromatic carbocycles. The maximum atomic E-state index is 12.5. The van der Waals surface area contributed by atoms with Gasteiger partial charge in [-0.05, 0) is 51.4 Å². The van der Waals surface area contributed by atoms with E-state index in [1.54, 1.807) is 0 Å². The number of aliphatic hydroxyl groups excluding tert-OH is 2. The van der Waals surface area contributed by atoms with Crippen molar-refractivity contribution in [1.29, 1.82) is 0 Å². The second kappa shape index (κ2) is 53.2. The van der Waals surface area contributed by atoms with Crippen LogP contribution in [-0.4, -0.2) is 47.4 Å². The molecular weight excluding hydrogens is 779 g/mol. The summed E-state index contributed by atoms with van der Waals surface area (Å²) < 4.78 is 5.47. The average Bonchev–Trinajstić information content (AvgIpc) is 3.28. The SMILES string of the molecule is CCCCCCC/C=C\CCCCCCCC(=O)OCCCCCCCCCCCCCCCCCCC(=O)NC(CO)C(O)CCCCCCCCCCCCCCCCCC. The summed E-state index contributed by atoms with van der Waals surface area (Å²) in [6, 6.07) is -0.546. The summed E-state index contributed by atoms with van der Waals surface area (Å²) in [7, 11) is 0. The van der Waals surface area contributed by atoms with Crippen LogP contribution in [0.5, 0.6) is 0 Å². The standard InChI is InChI=1S/C57H111NO5/c1-3-5-7-9-11-13-15-17-19-22-25-29-33-37-41-45-49-55(60)54(53-59)58-56(61)50-46-42-38-34-30-26-23-20-21-24-28-32-36-40-44-48-52-63-57(62)51-47-43-39-35-31-27-18-16-14-12-10-8-6-4-2/h16,18,54-55,59-60H,3-15,17,19-53H2,1-2H3,(H,58,61)/b18-16-. The summed E-state index contributed by atoms with van der Waals surface area (Å²) >= 11 is 0. The molecule has 0 saturated heterocycles. The summed E-state index contributed by atoms with van der Waals surface area (Å²) in [6.07, 6.45) is 61.9. The first-order valence-corrected chi connectivity index (χ1v) is 28.4. The van der Waals surface area contributed by atoms with Gasteiger partial charge in [0.05, 0.1) is 25.4 Å². The second-order valence-corrected chi connectivity index (χ2v) is 19.6. The summed E-state index contributed by atoms with van der Waals surface area (Å²) in [5.41, 5.74) is 0. The van der Waals surface area contributed by atoms with E-state index in [-0.39, 0.29) is 18.5 Å². The van der Waals surface area contributed by atoms with Gasteiger partial charge in [0.1, 0.15) is 0 Å². The molecule has 6 heteroatoms. The molecule has 0 aromatic heterocycles. The Morgan fingerprint density at radius 1 is 0.429 bits per heavy atom. The van der Waals surface area contributed by atoms with Gasteiger partial charge in [0.25, 0.3) is 0 Å². The van der Waals surface area contributed by atoms with Crippen LogP contribution < -0.4 is 5.32 Å². The van der Waals surface area contributed by atoms with Crippen LogP contribution in [0.4, 0.5) is 0 Å². The van der Waals surface area contributed by atoms with E-state index in [0.29, 0.717) is 25.9 Å². The van der Waals surface area contributed by atoms with Gasteiger partial charge in [-0.25, -0.2) is 0 Å². The monoisotopic (exact) mass is 890 g/mol. The Labute approximate surface area is 393 Å². The summed E-state index contributed by atoms with van der Waals surface area (Å²) in [6.45, 7) is 4.94.